The van der Waals surface area contributed by atoms with E-state index in [2.05, 4.69) is 15.6 Å². The highest BCUT2D eigenvalue weighted by molar-refractivity contribution is 14.0. The zero-order valence-electron chi connectivity index (χ0n) is 14.9. The van der Waals surface area contributed by atoms with Crippen molar-refractivity contribution >= 4 is 29.9 Å². The second-order valence-corrected chi connectivity index (χ2v) is 6.36. The van der Waals surface area contributed by atoms with Crippen LogP contribution < -0.4 is 10.6 Å². The highest BCUT2D eigenvalue weighted by Crippen LogP contribution is 2.37. The Morgan fingerprint density at radius 3 is 2.35 bits per heavy atom. The number of guanidine groups is 1. The molecule has 0 aromatic carbocycles. The maximum absolute atomic E-state index is 12.9. The Bertz CT molecular complexity index is 427. The molecule has 2 N–H and O–H groups in total. The van der Waals surface area contributed by atoms with Crippen LogP contribution in [-0.4, -0.2) is 62.5 Å². The molecule has 0 amide bonds. The minimum Gasteiger partial charge on any atom is -0.357 e. The SMILES string of the molecule is CCNC(=NCCN(C)CC(F)(F)F)NC1CCCC(C(F)(F)F)C1.I. The van der Waals surface area contributed by atoms with Gasteiger partial charge in [0.25, 0.3) is 0 Å². The summed E-state index contributed by atoms with van der Waals surface area (Å²) in [5.74, 6) is -0.977. The number of rotatable bonds is 6. The highest BCUT2D eigenvalue weighted by atomic mass is 127. The lowest BCUT2D eigenvalue weighted by atomic mass is 9.85. The summed E-state index contributed by atoms with van der Waals surface area (Å²) >= 11 is 0. The Hall–Kier alpha value is -0.460. The molecule has 0 aromatic rings. The first kappa shape index (κ1) is 25.5. The summed E-state index contributed by atoms with van der Waals surface area (Å²) in [5, 5.41) is 5.90. The van der Waals surface area contributed by atoms with Crippen LogP contribution in [0.4, 0.5) is 26.3 Å². The zero-order chi connectivity index (χ0) is 19.1. The van der Waals surface area contributed by atoms with E-state index in [1.54, 1.807) is 0 Å². The molecule has 156 valence electrons. The normalized spacial score (nSPS) is 22.1. The molecule has 1 saturated carbocycles. The second kappa shape index (κ2) is 11.4. The second-order valence-electron chi connectivity index (χ2n) is 6.36. The van der Waals surface area contributed by atoms with E-state index >= 15 is 0 Å². The fourth-order valence-electron chi connectivity index (χ4n) is 2.85. The lowest BCUT2D eigenvalue weighted by molar-refractivity contribution is -0.183. The van der Waals surface area contributed by atoms with Crippen molar-refractivity contribution in [2.45, 2.75) is 51.0 Å². The van der Waals surface area contributed by atoms with Gasteiger partial charge in [0, 0.05) is 19.1 Å². The van der Waals surface area contributed by atoms with Gasteiger partial charge in [0.2, 0.25) is 0 Å². The summed E-state index contributed by atoms with van der Waals surface area (Å²) in [6, 6.07) is -0.342. The van der Waals surface area contributed by atoms with Gasteiger partial charge in [0.15, 0.2) is 5.96 Å². The van der Waals surface area contributed by atoms with Gasteiger partial charge in [-0.2, -0.15) is 26.3 Å². The van der Waals surface area contributed by atoms with Gasteiger partial charge in [-0.3, -0.25) is 9.89 Å². The minimum absolute atomic E-state index is 0. The molecule has 1 aliphatic rings. The van der Waals surface area contributed by atoms with Gasteiger partial charge < -0.3 is 10.6 Å². The number of nitrogens with zero attached hydrogens (tertiary/aromatic N) is 2. The van der Waals surface area contributed by atoms with Gasteiger partial charge in [-0.05, 0) is 33.2 Å². The molecule has 2 unspecified atom stereocenters. The van der Waals surface area contributed by atoms with E-state index in [4.69, 9.17) is 0 Å². The van der Waals surface area contributed by atoms with Crippen LogP contribution in [0.2, 0.25) is 0 Å². The topological polar surface area (TPSA) is 39.7 Å². The Balaban J connectivity index is 0.00000625. The lowest BCUT2D eigenvalue weighted by Crippen LogP contribution is -2.47. The summed E-state index contributed by atoms with van der Waals surface area (Å²) in [4.78, 5) is 5.27. The predicted octanol–water partition coefficient (Wildman–Crippen LogP) is 3.77. The molecule has 0 bridgehead atoms. The summed E-state index contributed by atoms with van der Waals surface area (Å²) in [7, 11) is 1.35. The third kappa shape index (κ3) is 10.6. The summed E-state index contributed by atoms with van der Waals surface area (Å²) in [5.41, 5.74) is 0. The van der Waals surface area contributed by atoms with Crippen LogP contribution >= 0.6 is 24.0 Å². The number of nitrogens with one attached hydrogen (secondary N) is 2. The Morgan fingerprint density at radius 2 is 1.81 bits per heavy atom. The maximum atomic E-state index is 12.9. The average molecular weight is 504 g/mol. The van der Waals surface area contributed by atoms with Crippen molar-refractivity contribution in [3.05, 3.63) is 0 Å². The first-order valence-electron chi connectivity index (χ1n) is 8.38. The fourth-order valence-corrected chi connectivity index (χ4v) is 2.85. The Labute approximate surface area is 167 Å². The molecule has 0 aromatic heterocycles. The van der Waals surface area contributed by atoms with Crippen LogP contribution in [0.3, 0.4) is 0 Å². The van der Waals surface area contributed by atoms with Crippen LogP contribution in [0, 0.1) is 5.92 Å². The molecular formula is C15H27F6IN4. The van der Waals surface area contributed by atoms with E-state index in [0.717, 1.165) is 4.90 Å². The summed E-state index contributed by atoms with van der Waals surface area (Å²) in [6.07, 6.45) is -7.24. The summed E-state index contributed by atoms with van der Waals surface area (Å²) < 4.78 is 75.3. The molecular weight excluding hydrogens is 477 g/mol. The van der Waals surface area contributed by atoms with Gasteiger partial charge in [0.05, 0.1) is 19.0 Å². The predicted molar refractivity (Wildman–Crippen MR) is 99.9 cm³/mol. The first-order valence-corrected chi connectivity index (χ1v) is 8.38. The van der Waals surface area contributed by atoms with Crippen molar-refractivity contribution in [3.63, 3.8) is 0 Å². The molecule has 26 heavy (non-hydrogen) atoms. The van der Waals surface area contributed by atoms with Crippen molar-refractivity contribution < 1.29 is 26.3 Å². The Morgan fingerprint density at radius 1 is 1.15 bits per heavy atom. The fraction of sp³-hybridized carbons (Fsp3) is 0.933. The molecule has 1 aliphatic carbocycles. The van der Waals surface area contributed by atoms with Crippen molar-refractivity contribution in [2.24, 2.45) is 10.9 Å². The van der Waals surface area contributed by atoms with Gasteiger partial charge in [-0.15, -0.1) is 24.0 Å². The molecule has 0 radical (unpaired) electrons. The van der Waals surface area contributed by atoms with Gasteiger partial charge in [-0.25, -0.2) is 0 Å². The van der Waals surface area contributed by atoms with Crippen molar-refractivity contribution in [3.8, 4) is 0 Å². The maximum Gasteiger partial charge on any atom is 0.401 e. The molecule has 11 heteroatoms. The van der Waals surface area contributed by atoms with E-state index in [9.17, 15) is 26.3 Å². The van der Waals surface area contributed by atoms with E-state index < -0.39 is 24.8 Å². The highest BCUT2D eigenvalue weighted by Gasteiger charge is 2.42. The van der Waals surface area contributed by atoms with E-state index in [1.165, 1.54) is 7.05 Å². The molecule has 0 spiro atoms. The van der Waals surface area contributed by atoms with Crippen molar-refractivity contribution in [1.29, 1.82) is 0 Å². The summed E-state index contributed by atoms with van der Waals surface area (Å²) in [6.45, 7) is 1.53. The number of halogens is 7. The molecule has 1 fully saturated rings. The van der Waals surface area contributed by atoms with Crippen LogP contribution in [0.25, 0.3) is 0 Å². The van der Waals surface area contributed by atoms with E-state index in [1.807, 2.05) is 6.92 Å². The molecule has 0 saturated heterocycles. The smallest absolute Gasteiger partial charge is 0.357 e. The quantitative estimate of drug-likeness (QED) is 0.251. The molecule has 2 atom stereocenters. The number of hydrogen-bond acceptors (Lipinski definition) is 2. The monoisotopic (exact) mass is 504 g/mol. The number of alkyl halides is 6. The minimum atomic E-state index is -4.27. The third-order valence-electron chi connectivity index (χ3n) is 4.02. The van der Waals surface area contributed by atoms with Gasteiger partial charge >= 0.3 is 12.4 Å². The Kier molecular flexibility index (Phi) is 11.2. The van der Waals surface area contributed by atoms with Gasteiger partial charge in [-0.1, -0.05) is 6.42 Å². The van der Waals surface area contributed by atoms with Crippen LogP contribution in [-0.2, 0) is 0 Å². The van der Waals surface area contributed by atoms with Crippen molar-refractivity contribution in [2.75, 3.05) is 33.2 Å². The molecule has 0 aliphatic heterocycles. The zero-order valence-corrected chi connectivity index (χ0v) is 17.2. The van der Waals surface area contributed by atoms with Crippen LogP contribution in [0.5, 0.6) is 0 Å². The van der Waals surface area contributed by atoms with E-state index in [0.29, 0.717) is 25.3 Å². The molecule has 1 rings (SSSR count). The van der Waals surface area contributed by atoms with Crippen molar-refractivity contribution in [1.82, 2.24) is 15.5 Å². The largest absolute Gasteiger partial charge is 0.401 e. The number of aliphatic imine (C=N–C) groups is 1. The average Bonchev–Trinajstić information content (AvgIpc) is 2.45. The van der Waals surface area contributed by atoms with Crippen LogP contribution in [0.1, 0.15) is 32.6 Å². The van der Waals surface area contributed by atoms with E-state index in [-0.39, 0.29) is 55.9 Å². The lowest BCUT2D eigenvalue weighted by Gasteiger charge is -2.32. The number of likely N-dealkylation sites (N-methyl/N-ethyl adjacent to an activating group) is 1. The first-order chi connectivity index (χ1) is 11.5. The van der Waals surface area contributed by atoms with Crippen LogP contribution in [0.15, 0.2) is 4.99 Å². The third-order valence-corrected chi connectivity index (χ3v) is 4.02. The number of hydrogen-bond donors (Lipinski definition) is 2. The molecule has 0 heterocycles. The van der Waals surface area contributed by atoms with Gasteiger partial charge in [0.1, 0.15) is 0 Å². The molecule has 4 nitrogen and oxygen atoms in total. The standard InChI is InChI=1S/C15H26F6N4.HI/c1-3-22-13(23-7-8-25(2)10-14(16,17)18)24-12-6-4-5-11(9-12)15(19,20)21;/h11-12H,3-10H2,1-2H3,(H2,22,23,24);1H.